The Balaban J connectivity index is 1.73. The summed E-state index contributed by atoms with van der Waals surface area (Å²) in [5.74, 6) is 0.648. The van der Waals surface area contributed by atoms with Crippen LogP contribution in [0, 0.1) is 0 Å². The molecule has 3 rings (SSSR count). The zero-order valence-electron chi connectivity index (χ0n) is 11.2. The van der Waals surface area contributed by atoms with Gasteiger partial charge in [0.05, 0.1) is 7.11 Å². The Morgan fingerprint density at radius 3 is 2.85 bits per heavy atom. The lowest BCUT2D eigenvalue weighted by molar-refractivity contribution is 0.373. The van der Waals surface area contributed by atoms with Gasteiger partial charge in [-0.3, -0.25) is 0 Å². The van der Waals surface area contributed by atoms with Crippen molar-refractivity contribution < 1.29 is 9.84 Å². The van der Waals surface area contributed by atoms with Gasteiger partial charge in [0, 0.05) is 29.3 Å². The molecular formula is C16H16N2O2. The van der Waals surface area contributed by atoms with Crippen molar-refractivity contribution in [2.75, 3.05) is 12.4 Å². The first-order chi connectivity index (χ1) is 9.76. The number of anilines is 1. The van der Waals surface area contributed by atoms with Gasteiger partial charge in [0.1, 0.15) is 0 Å². The fraction of sp³-hybridized carbons (Fsp3) is 0.125. The summed E-state index contributed by atoms with van der Waals surface area (Å²) in [5, 5.41) is 14.3. The van der Waals surface area contributed by atoms with Crippen LogP contribution in [0.15, 0.2) is 48.7 Å². The van der Waals surface area contributed by atoms with Gasteiger partial charge < -0.3 is 20.1 Å². The molecule has 0 atom stereocenters. The smallest absolute Gasteiger partial charge is 0.160 e. The maximum Gasteiger partial charge on any atom is 0.160 e. The van der Waals surface area contributed by atoms with Crippen molar-refractivity contribution in [1.29, 1.82) is 0 Å². The lowest BCUT2D eigenvalue weighted by atomic mass is 10.2. The second kappa shape index (κ2) is 5.17. The predicted molar refractivity (Wildman–Crippen MR) is 80.3 cm³/mol. The molecular weight excluding hydrogens is 252 g/mol. The molecule has 0 saturated heterocycles. The van der Waals surface area contributed by atoms with Crippen molar-refractivity contribution in [3.8, 4) is 11.5 Å². The van der Waals surface area contributed by atoms with Gasteiger partial charge >= 0.3 is 0 Å². The largest absolute Gasteiger partial charge is 0.504 e. The molecule has 0 saturated carbocycles. The fourth-order valence-electron chi connectivity index (χ4n) is 2.21. The van der Waals surface area contributed by atoms with Gasteiger partial charge in [-0.1, -0.05) is 6.07 Å². The summed E-state index contributed by atoms with van der Waals surface area (Å²) in [4.78, 5) is 3.17. The molecule has 20 heavy (non-hydrogen) atoms. The van der Waals surface area contributed by atoms with Crippen LogP contribution in [0.5, 0.6) is 11.5 Å². The average Bonchev–Trinajstić information content (AvgIpc) is 2.92. The van der Waals surface area contributed by atoms with Crippen LogP contribution in [-0.2, 0) is 6.54 Å². The SMILES string of the molecule is COc1ccc(CNc2ccc3[nH]ccc3c2)cc1O. The van der Waals surface area contributed by atoms with Crippen molar-refractivity contribution in [2.45, 2.75) is 6.54 Å². The van der Waals surface area contributed by atoms with Gasteiger partial charge in [0.25, 0.3) is 0 Å². The predicted octanol–water partition coefficient (Wildman–Crippen LogP) is 3.49. The van der Waals surface area contributed by atoms with Crippen LogP contribution in [0.4, 0.5) is 5.69 Å². The normalized spacial score (nSPS) is 10.7. The number of fused-ring (bicyclic) bond motifs is 1. The number of phenolic OH excluding ortho intramolecular Hbond substituents is 1. The van der Waals surface area contributed by atoms with Crippen LogP contribution < -0.4 is 10.1 Å². The standard InChI is InChI=1S/C16H16N2O2/c1-20-16-5-2-11(8-15(16)19)10-18-13-3-4-14-12(9-13)6-7-17-14/h2-9,17-19H,10H2,1H3. The third-order valence-corrected chi connectivity index (χ3v) is 3.29. The maximum absolute atomic E-state index is 9.75. The molecule has 0 aliphatic carbocycles. The summed E-state index contributed by atoms with van der Waals surface area (Å²) in [7, 11) is 1.54. The second-order valence-corrected chi connectivity index (χ2v) is 4.64. The number of hydrogen-bond donors (Lipinski definition) is 3. The number of aromatic nitrogens is 1. The molecule has 4 heteroatoms. The van der Waals surface area contributed by atoms with E-state index in [4.69, 9.17) is 4.74 Å². The monoisotopic (exact) mass is 268 g/mol. The number of methoxy groups -OCH3 is 1. The number of hydrogen-bond acceptors (Lipinski definition) is 3. The summed E-state index contributed by atoms with van der Waals surface area (Å²) < 4.78 is 5.03. The lowest BCUT2D eigenvalue weighted by Gasteiger charge is -2.09. The van der Waals surface area contributed by atoms with Gasteiger partial charge in [0.2, 0.25) is 0 Å². The molecule has 0 amide bonds. The Morgan fingerprint density at radius 2 is 2.05 bits per heavy atom. The molecule has 0 fully saturated rings. The van der Waals surface area contributed by atoms with Crippen LogP contribution in [0.1, 0.15) is 5.56 Å². The minimum atomic E-state index is 0.160. The number of benzene rings is 2. The highest BCUT2D eigenvalue weighted by atomic mass is 16.5. The first kappa shape index (κ1) is 12.4. The maximum atomic E-state index is 9.75. The molecule has 0 spiro atoms. The van der Waals surface area contributed by atoms with Crippen LogP contribution in [0.3, 0.4) is 0 Å². The Kier molecular flexibility index (Phi) is 3.21. The zero-order valence-corrected chi connectivity index (χ0v) is 11.2. The molecule has 0 aliphatic heterocycles. The van der Waals surface area contributed by atoms with Crippen molar-refractivity contribution in [2.24, 2.45) is 0 Å². The number of nitrogens with one attached hydrogen (secondary N) is 2. The molecule has 1 aromatic heterocycles. The molecule has 0 aliphatic rings. The number of rotatable bonds is 4. The third-order valence-electron chi connectivity index (χ3n) is 3.29. The highest BCUT2D eigenvalue weighted by Crippen LogP contribution is 2.26. The van der Waals surface area contributed by atoms with E-state index in [2.05, 4.69) is 16.4 Å². The number of H-pyrrole nitrogens is 1. The van der Waals surface area contributed by atoms with Crippen LogP contribution in [-0.4, -0.2) is 17.2 Å². The Hall–Kier alpha value is -2.62. The van der Waals surface area contributed by atoms with Crippen molar-refractivity contribution in [3.63, 3.8) is 0 Å². The van der Waals surface area contributed by atoms with Gasteiger partial charge in [-0.25, -0.2) is 0 Å². The quantitative estimate of drug-likeness (QED) is 0.679. The summed E-state index contributed by atoms with van der Waals surface area (Å²) in [5.41, 5.74) is 3.17. The molecule has 2 aromatic carbocycles. The highest BCUT2D eigenvalue weighted by Gasteiger charge is 2.03. The number of phenols is 1. The van der Waals surface area contributed by atoms with E-state index in [1.807, 2.05) is 30.5 Å². The first-order valence-electron chi connectivity index (χ1n) is 6.43. The second-order valence-electron chi connectivity index (χ2n) is 4.64. The van der Waals surface area contributed by atoms with E-state index in [1.54, 1.807) is 19.2 Å². The number of aromatic amines is 1. The average molecular weight is 268 g/mol. The number of ether oxygens (including phenoxy) is 1. The molecule has 0 bridgehead atoms. The molecule has 1 heterocycles. The molecule has 3 aromatic rings. The van der Waals surface area contributed by atoms with E-state index in [-0.39, 0.29) is 5.75 Å². The molecule has 0 unspecified atom stereocenters. The minimum Gasteiger partial charge on any atom is -0.504 e. The van der Waals surface area contributed by atoms with Crippen LogP contribution >= 0.6 is 0 Å². The summed E-state index contributed by atoms with van der Waals surface area (Å²) in [6.45, 7) is 0.646. The summed E-state index contributed by atoms with van der Waals surface area (Å²) in [6, 6.07) is 13.6. The van der Waals surface area contributed by atoms with Crippen LogP contribution in [0.25, 0.3) is 10.9 Å². The van der Waals surface area contributed by atoms with E-state index >= 15 is 0 Å². The third kappa shape index (κ3) is 2.40. The Morgan fingerprint density at radius 1 is 1.15 bits per heavy atom. The molecule has 4 nitrogen and oxygen atoms in total. The Labute approximate surface area is 117 Å². The van der Waals surface area contributed by atoms with E-state index in [9.17, 15) is 5.11 Å². The van der Waals surface area contributed by atoms with Gasteiger partial charge in [-0.2, -0.15) is 0 Å². The van der Waals surface area contributed by atoms with Gasteiger partial charge in [0.15, 0.2) is 11.5 Å². The van der Waals surface area contributed by atoms with E-state index in [0.29, 0.717) is 12.3 Å². The zero-order chi connectivity index (χ0) is 13.9. The lowest BCUT2D eigenvalue weighted by Crippen LogP contribution is -1.99. The first-order valence-corrected chi connectivity index (χ1v) is 6.43. The highest BCUT2D eigenvalue weighted by molar-refractivity contribution is 5.82. The Bertz CT molecular complexity index is 734. The van der Waals surface area contributed by atoms with Crippen molar-refractivity contribution in [1.82, 2.24) is 4.98 Å². The fourth-order valence-corrected chi connectivity index (χ4v) is 2.21. The van der Waals surface area contributed by atoms with Crippen molar-refractivity contribution >= 4 is 16.6 Å². The van der Waals surface area contributed by atoms with Gasteiger partial charge in [-0.05, 0) is 42.0 Å². The molecule has 3 N–H and O–H groups in total. The van der Waals surface area contributed by atoms with E-state index < -0.39 is 0 Å². The van der Waals surface area contributed by atoms with Crippen molar-refractivity contribution in [3.05, 3.63) is 54.2 Å². The summed E-state index contributed by atoms with van der Waals surface area (Å²) >= 11 is 0. The van der Waals surface area contributed by atoms with E-state index in [1.165, 1.54) is 5.39 Å². The number of aromatic hydroxyl groups is 1. The molecule has 102 valence electrons. The van der Waals surface area contributed by atoms with Crippen LogP contribution in [0.2, 0.25) is 0 Å². The van der Waals surface area contributed by atoms with E-state index in [0.717, 1.165) is 16.8 Å². The summed E-state index contributed by atoms with van der Waals surface area (Å²) in [6.07, 6.45) is 1.93. The molecule has 0 radical (unpaired) electrons. The topological polar surface area (TPSA) is 57.3 Å². The van der Waals surface area contributed by atoms with Gasteiger partial charge in [-0.15, -0.1) is 0 Å². The minimum absolute atomic E-state index is 0.160.